The minimum Gasteiger partial charge on any atom is -0.308 e. The zero-order valence-electron chi connectivity index (χ0n) is 18.8. The fourth-order valence-corrected chi connectivity index (χ4v) is 6.13. The van der Waals surface area contributed by atoms with Gasteiger partial charge >= 0.3 is 7.60 Å². The average Bonchev–Trinajstić information content (AvgIpc) is 3.19. The summed E-state index contributed by atoms with van der Waals surface area (Å²) in [6, 6.07) is 13.3. The molecule has 0 bridgehead atoms. The Morgan fingerprint density at radius 2 is 1.79 bits per heavy atom. The number of hydrogen-bond acceptors (Lipinski definition) is 7. The molecule has 0 N–H and O–H groups in total. The van der Waals surface area contributed by atoms with Crippen molar-refractivity contribution < 1.29 is 22.8 Å². The van der Waals surface area contributed by atoms with E-state index in [4.69, 9.17) is 18.9 Å². The number of rotatable bonds is 8. The first-order valence-corrected chi connectivity index (χ1v) is 12.5. The van der Waals surface area contributed by atoms with E-state index in [9.17, 15) is 13.8 Å². The largest absolute Gasteiger partial charge is 0.350 e. The maximum atomic E-state index is 14.4. The number of fused-ring (bicyclic) bond motifs is 1. The molecule has 33 heavy (non-hydrogen) atoms. The lowest BCUT2D eigenvalue weighted by Gasteiger charge is -2.25. The van der Waals surface area contributed by atoms with E-state index >= 15 is 0 Å². The van der Waals surface area contributed by atoms with Crippen molar-refractivity contribution in [2.45, 2.75) is 38.7 Å². The summed E-state index contributed by atoms with van der Waals surface area (Å²) in [6.45, 7) is 3.92. The Labute approximate surface area is 191 Å². The van der Waals surface area contributed by atoms with E-state index in [2.05, 4.69) is 0 Å². The molecule has 176 valence electrons. The third kappa shape index (κ3) is 4.65. The predicted molar refractivity (Wildman–Crippen MR) is 122 cm³/mol. The van der Waals surface area contributed by atoms with Crippen molar-refractivity contribution in [3.63, 3.8) is 0 Å². The zero-order chi connectivity index (χ0) is 23.6. The Morgan fingerprint density at radius 3 is 2.48 bits per heavy atom. The molecule has 3 aromatic rings. The van der Waals surface area contributed by atoms with Crippen LogP contribution in [-0.2, 0) is 25.0 Å². The third-order valence-electron chi connectivity index (χ3n) is 5.59. The molecule has 1 aromatic heterocycles. The first-order valence-electron chi connectivity index (χ1n) is 10.9. The van der Waals surface area contributed by atoms with Crippen molar-refractivity contribution in [2.24, 2.45) is 0 Å². The van der Waals surface area contributed by atoms with Gasteiger partial charge in [0.25, 0.3) is 5.56 Å². The second-order valence-electron chi connectivity index (χ2n) is 7.70. The third-order valence-corrected chi connectivity index (χ3v) is 8.09. The van der Waals surface area contributed by atoms with Crippen molar-refractivity contribution in [3.05, 3.63) is 76.1 Å². The van der Waals surface area contributed by atoms with E-state index in [1.165, 1.54) is 15.7 Å². The van der Waals surface area contributed by atoms with Crippen LogP contribution in [0.2, 0.25) is 0 Å². The van der Waals surface area contributed by atoms with Crippen LogP contribution >= 0.6 is 7.60 Å². The Morgan fingerprint density at radius 1 is 1.12 bits per heavy atom. The van der Waals surface area contributed by atoms with Crippen LogP contribution in [0.5, 0.6) is 0 Å². The maximum Gasteiger partial charge on any atom is 0.350 e. The predicted octanol–water partition coefficient (Wildman–Crippen LogP) is 4.48. The SMILES string of the molecule is CCOP(=O)(OCC)[C@@H]1C[C@@H](c2nc3ccccc3c(=O)n2Cc2ccccc2F)ON1C. The normalized spacial score (nSPS) is 19.4. The van der Waals surface area contributed by atoms with Gasteiger partial charge in [-0.3, -0.25) is 18.8 Å². The molecule has 8 nitrogen and oxygen atoms in total. The maximum absolute atomic E-state index is 14.4. The van der Waals surface area contributed by atoms with Gasteiger partial charge in [-0.1, -0.05) is 30.3 Å². The Balaban J connectivity index is 1.79. The highest BCUT2D eigenvalue weighted by atomic mass is 31.2. The fourth-order valence-electron chi connectivity index (χ4n) is 4.08. The van der Waals surface area contributed by atoms with Gasteiger partial charge in [-0.25, -0.2) is 9.37 Å². The average molecular weight is 475 g/mol. The Bertz CT molecular complexity index is 1240. The van der Waals surface area contributed by atoms with Gasteiger partial charge in [-0.05, 0) is 32.0 Å². The second kappa shape index (κ2) is 9.83. The van der Waals surface area contributed by atoms with Crippen LogP contribution in [0, 0.1) is 5.82 Å². The molecule has 0 unspecified atom stereocenters. The molecular weight excluding hydrogens is 448 g/mol. The van der Waals surface area contributed by atoms with Crippen LogP contribution < -0.4 is 5.56 Å². The zero-order valence-corrected chi connectivity index (χ0v) is 19.7. The minimum absolute atomic E-state index is 0.0124. The summed E-state index contributed by atoms with van der Waals surface area (Å²) in [5, 5.41) is 1.88. The smallest absolute Gasteiger partial charge is 0.308 e. The van der Waals surface area contributed by atoms with E-state index < -0.39 is 25.3 Å². The van der Waals surface area contributed by atoms with E-state index in [0.29, 0.717) is 22.3 Å². The summed E-state index contributed by atoms with van der Waals surface area (Å²) < 4.78 is 40.3. The van der Waals surface area contributed by atoms with Gasteiger partial charge in [-0.15, -0.1) is 0 Å². The van der Waals surface area contributed by atoms with Crippen molar-refractivity contribution in [1.29, 1.82) is 0 Å². The van der Waals surface area contributed by atoms with Crippen LogP contribution in [0.1, 0.15) is 37.8 Å². The van der Waals surface area contributed by atoms with Gasteiger partial charge in [0.2, 0.25) is 0 Å². The minimum atomic E-state index is -3.50. The molecule has 10 heteroatoms. The van der Waals surface area contributed by atoms with Crippen molar-refractivity contribution in [3.8, 4) is 0 Å². The van der Waals surface area contributed by atoms with Gasteiger partial charge in [0, 0.05) is 19.0 Å². The summed E-state index contributed by atoms with van der Waals surface area (Å²) in [4.78, 5) is 24.1. The van der Waals surface area contributed by atoms with Gasteiger partial charge in [-0.2, -0.15) is 5.06 Å². The molecule has 2 aromatic carbocycles. The fraction of sp³-hybridized carbons (Fsp3) is 0.391. The quantitative estimate of drug-likeness (QED) is 0.444. The number of para-hydroxylation sites is 1. The molecular formula is C23H27FN3O5P. The number of hydrogen-bond donors (Lipinski definition) is 0. The standard InChI is InChI=1S/C23H27FN3O5P/c1-4-30-33(29,31-5-2)21-14-20(32-26(21)3)22-25-19-13-9-7-11-17(19)23(28)27(22)15-16-10-6-8-12-18(16)24/h6-13,20-21H,4-5,14-15H2,1-3H3/t20-,21+/m0/s1. The molecule has 1 aliphatic heterocycles. The van der Waals surface area contributed by atoms with E-state index in [-0.39, 0.29) is 31.7 Å². The molecule has 4 rings (SSSR count). The molecule has 1 aliphatic rings. The van der Waals surface area contributed by atoms with Crippen LogP contribution in [0.4, 0.5) is 4.39 Å². The van der Waals surface area contributed by atoms with Crippen molar-refractivity contribution >= 4 is 18.5 Å². The van der Waals surface area contributed by atoms with Crippen LogP contribution in [0.15, 0.2) is 53.3 Å². The van der Waals surface area contributed by atoms with Crippen LogP contribution in [0.25, 0.3) is 10.9 Å². The van der Waals surface area contributed by atoms with E-state index in [0.717, 1.165) is 0 Å². The topological polar surface area (TPSA) is 82.9 Å². The van der Waals surface area contributed by atoms with Crippen LogP contribution in [0.3, 0.4) is 0 Å². The molecule has 0 radical (unpaired) electrons. The molecule has 0 amide bonds. The number of benzene rings is 2. The molecule has 2 heterocycles. The highest BCUT2D eigenvalue weighted by Gasteiger charge is 2.47. The van der Waals surface area contributed by atoms with Gasteiger partial charge in [0.1, 0.15) is 23.5 Å². The molecule has 1 fully saturated rings. The molecule has 0 saturated carbocycles. The molecule has 2 atom stereocenters. The first kappa shape index (κ1) is 23.7. The van der Waals surface area contributed by atoms with Crippen molar-refractivity contribution in [2.75, 3.05) is 20.3 Å². The summed E-state index contributed by atoms with van der Waals surface area (Å²) in [5.41, 5.74) is 0.566. The van der Waals surface area contributed by atoms with Gasteiger partial charge < -0.3 is 9.05 Å². The molecule has 1 saturated heterocycles. The highest BCUT2D eigenvalue weighted by molar-refractivity contribution is 7.54. The summed E-state index contributed by atoms with van der Waals surface area (Å²) in [7, 11) is -1.86. The Kier molecular flexibility index (Phi) is 7.07. The number of aromatic nitrogens is 2. The highest BCUT2D eigenvalue weighted by Crippen LogP contribution is 2.59. The van der Waals surface area contributed by atoms with Crippen LogP contribution in [-0.4, -0.2) is 40.7 Å². The van der Waals surface area contributed by atoms with E-state index in [1.807, 2.05) is 0 Å². The summed E-state index contributed by atoms with van der Waals surface area (Å²) in [5.74, 6) is -0.758. The van der Waals surface area contributed by atoms with Gasteiger partial charge in [0.15, 0.2) is 0 Å². The Hall–Kier alpha value is -2.42. The van der Waals surface area contributed by atoms with Crippen molar-refractivity contribution in [1.82, 2.24) is 14.6 Å². The second-order valence-corrected chi connectivity index (χ2v) is 9.89. The lowest BCUT2D eigenvalue weighted by Crippen LogP contribution is -2.28. The molecule has 0 aliphatic carbocycles. The summed E-state index contributed by atoms with van der Waals surface area (Å²) in [6.07, 6.45) is -0.464. The summed E-state index contributed by atoms with van der Waals surface area (Å²) >= 11 is 0. The first-order chi connectivity index (χ1) is 15.9. The monoisotopic (exact) mass is 475 g/mol. The molecule has 0 spiro atoms. The van der Waals surface area contributed by atoms with Gasteiger partial charge in [0.05, 0.1) is 30.7 Å². The lowest BCUT2D eigenvalue weighted by atomic mass is 10.1. The van der Waals surface area contributed by atoms with E-state index in [1.54, 1.807) is 63.4 Å². The number of nitrogens with zero attached hydrogens (tertiary/aromatic N) is 3. The number of halogens is 1. The lowest BCUT2D eigenvalue weighted by molar-refractivity contribution is -0.140. The number of hydroxylamine groups is 2.